The first-order chi connectivity index (χ1) is 10.3. The summed E-state index contributed by atoms with van der Waals surface area (Å²) >= 11 is 0. The molecule has 0 atom stereocenters. The molecular weight excluding hydrogens is 262 g/mol. The number of benzene rings is 2. The van der Waals surface area contributed by atoms with Crippen LogP contribution >= 0.6 is 0 Å². The van der Waals surface area contributed by atoms with Gasteiger partial charge >= 0.3 is 5.97 Å². The molecule has 0 aliphatic heterocycles. The first-order valence-corrected chi connectivity index (χ1v) is 7.24. The molecule has 2 aromatic carbocycles. The van der Waals surface area contributed by atoms with Crippen molar-refractivity contribution in [2.24, 2.45) is 11.7 Å². The van der Waals surface area contributed by atoms with Crippen molar-refractivity contribution in [1.82, 2.24) is 0 Å². The number of ether oxygens (including phenoxy) is 1. The Morgan fingerprint density at radius 3 is 1.81 bits per heavy atom. The lowest BCUT2D eigenvalue weighted by atomic mass is 9.92. The Morgan fingerprint density at radius 1 is 0.905 bits per heavy atom. The largest absolute Gasteiger partial charge is 0.464 e. The molecule has 0 fully saturated rings. The van der Waals surface area contributed by atoms with E-state index in [1.54, 1.807) is 0 Å². The molecule has 3 heteroatoms. The minimum Gasteiger partial charge on any atom is -0.464 e. The first kappa shape index (κ1) is 15.3. The molecule has 0 aromatic heterocycles. The van der Waals surface area contributed by atoms with Crippen LogP contribution in [0.25, 0.3) is 0 Å². The quantitative estimate of drug-likeness (QED) is 0.795. The van der Waals surface area contributed by atoms with Crippen LogP contribution in [0.2, 0.25) is 0 Å². The normalized spacial score (nSPS) is 10.6. The minimum atomic E-state index is -0.179. The van der Waals surface area contributed by atoms with Crippen molar-refractivity contribution in [2.75, 3.05) is 13.2 Å². The van der Waals surface area contributed by atoms with Crippen molar-refractivity contribution >= 4 is 5.97 Å². The van der Waals surface area contributed by atoms with Crippen LogP contribution in [-0.2, 0) is 22.4 Å². The van der Waals surface area contributed by atoms with Gasteiger partial charge in [0.1, 0.15) is 6.61 Å². The second-order valence-electron chi connectivity index (χ2n) is 5.03. The van der Waals surface area contributed by atoms with Crippen molar-refractivity contribution in [3.8, 4) is 0 Å². The van der Waals surface area contributed by atoms with Crippen molar-refractivity contribution in [1.29, 1.82) is 0 Å². The molecule has 21 heavy (non-hydrogen) atoms. The van der Waals surface area contributed by atoms with Gasteiger partial charge in [-0.1, -0.05) is 60.7 Å². The van der Waals surface area contributed by atoms with Crippen molar-refractivity contribution in [2.45, 2.75) is 12.8 Å². The van der Waals surface area contributed by atoms with Crippen LogP contribution in [0.1, 0.15) is 11.1 Å². The summed E-state index contributed by atoms with van der Waals surface area (Å²) in [5.74, 6) is -0.352. The molecule has 3 nitrogen and oxygen atoms in total. The predicted molar refractivity (Wildman–Crippen MR) is 83.8 cm³/mol. The van der Waals surface area contributed by atoms with Crippen LogP contribution in [0, 0.1) is 5.92 Å². The number of carbonyl (C=O) groups is 1. The van der Waals surface area contributed by atoms with Gasteiger partial charge in [0.25, 0.3) is 0 Å². The van der Waals surface area contributed by atoms with Crippen LogP contribution in [0.3, 0.4) is 0 Å². The van der Waals surface area contributed by atoms with E-state index in [9.17, 15) is 4.79 Å². The fourth-order valence-corrected chi connectivity index (χ4v) is 2.31. The molecule has 2 rings (SSSR count). The average Bonchev–Trinajstić information content (AvgIpc) is 2.54. The monoisotopic (exact) mass is 283 g/mol. The van der Waals surface area contributed by atoms with Gasteiger partial charge in [-0.05, 0) is 24.0 Å². The number of hydrogen-bond donors (Lipinski definition) is 1. The van der Waals surface area contributed by atoms with Gasteiger partial charge in [-0.15, -0.1) is 0 Å². The fraction of sp³-hybridized carbons (Fsp3) is 0.278. The first-order valence-electron chi connectivity index (χ1n) is 7.24. The fourth-order valence-electron chi connectivity index (χ4n) is 2.31. The van der Waals surface area contributed by atoms with E-state index in [0.717, 1.165) is 11.1 Å². The molecule has 0 saturated heterocycles. The maximum atomic E-state index is 12.2. The highest BCUT2D eigenvalue weighted by Gasteiger charge is 2.20. The molecule has 0 saturated carbocycles. The second-order valence-corrected chi connectivity index (χ2v) is 5.03. The molecule has 0 bridgehead atoms. The van der Waals surface area contributed by atoms with Gasteiger partial charge in [-0.3, -0.25) is 4.79 Å². The van der Waals surface area contributed by atoms with Gasteiger partial charge in [0, 0.05) is 6.54 Å². The Hall–Kier alpha value is -2.13. The van der Waals surface area contributed by atoms with Gasteiger partial charge in [0.2, 0.25) is 0 Å². The lowest BCUT2D eigenvalue weighted by molar-refractivity contribution is -0.148. The molecule has 0 aliphatic carbocycles. The Morgan fingerprint density at radius 2 is 1.38 bits per heavy atom. The summed E-state index contributed by atoms with van der Waals surface area (Å²) in [6, 6.07) is 20.0. The summed E-state index contributed by atoms with van der Waals surface area (Å²) in [6.07, 6.45) is 1.36. The highest BCUT2D eigenvalue weighted by molar-refractivity contribution is 5.73. The maximum Gasteiger partial charge on any atom is 0.309 e. The molecule has 2 N–H and O–H groups in total. The van der Waals surface area contributed by atoms with E-state index in [0.29, 0.717) is 19.4 Å². The zero-order valence-electron chi connectivity index (χ0n) is 12.1. The van der Waals surface area contributed by atoms with Gasteiger partial charge in [0.05, 0.1) is 5.92 Å². The summed E-state index contributed by atoms with van der Waals surface area (Å²) in [5.41, 5.74) is 7.69. The van der Waals surface area contributed by atoms with E-state index >= 15 is 0 Å². The van der Waals surface area contributed by atoms with Crippen LogP contribution in [0.4, 0.5) is 0 Å². The Bertz CT molecular complexity index is 498. The van der Waals surface area contributed by atoms with Gasteiger partial charge in [-0.2, -0.15) is 0 Å². The van der Waals surface area contributed by atoms with E-state index in [4.69, 9.17) is 10.5 Å². The summed E-state index contributed by atoms with van der Waals surface area (Å²) in [6.45, 7) is 0.633. The van der Waals surface area contributed by atoms with Gasteiger partial charge in [-0.25, -0.2) is 0 Å². The number of nitrogens with two attached hydrogens (primary N) is 1. The number of rotatable bonds is 7. The third-order valence-electron chi connectivity index (χ3n) is 3.35. The van der Waals surface area contributed by atoms with Gasteiger partial charge < -0.3 is 10.5 Å². The van der Waals surface area contributed by atoms with Crippen molar-refractivity contribution in [3.05, 3.63) is 71.8 Å². The van der Waals surface area contributed by atoms with E-state index in [-0.39, 0.29) is 18.5 Å². The molecule has 0 aliphatic rings. The van der Waals surface area contributed by atoms with Gasteiger partial charge in [0.15, 0.2) is 0 Å². The van der Waals surface area contributed by atoms with E-state index < -0.39 is 0 Å². The van der Waals surface area contributed by atoms with Crippen LogP contribution in [-0.4, -0.2) is 19.1 Å². The van der Waals surface area contributed by atoms with Crippen LogP contribution in [0.5, 0.6) is 0 Å². The molecule has 0 spiro atoms. The Labute approximate surface area is 125 Å². The summed E-state index contributed by atoms with van der Waals surface area (Å²) in [7, 11) is 0. The number of carbonyl (C=O) groups excluding carboxylic acids is 1. The lowest BCUT2D eigenvalue weighted by Crippen LogP contribution is -2.24. The topological polar surface area (TPSA) is 52.3 Å². The maximum absolute atomic E-state index is 12.2. The third kappa shape index (κ3) is 5.04. The summed E-state index contributed by atoms with van der Waals surface area (Å²) in [4.78, 5) is 12.2. The van der Waals surface area contributed by atoms with E-state index in [1.807, 2.05) is 60.7 Å². The standard InChI is InChI=1S/C18H21NO2/c19-11-12-21-18(20)17(13-15-7-3-1-4-8-15)14-16-9-5-2-6-10-16/h1-10,17H,11-14,19H2. The van der Waals surface area contributed by atoms with Crippen molar-refractivity contribution < 1.29 is 9.53 Å². The third-order valence-corrected chi connectivity index (χ3v) is 3.35. The van der Waals surface area contributed by atoms with Crippen molar-refractivity contribution in [3.63, 3.8) is 0 Å². The zero-order chi connectivity index (χ0) is 14.9. The molecular formula is C18H21NO2. The minimum absolute atomic E-state index is 0.173. The summed E-state index contributed by atoms with van der Waals surface area (Å²) in [5, 5.41) is 0. The molecule has 0 amide bonds. The molecule has 0 radical (unpaired) electrons. The Balaban J connectivity index is 2.08. The second kappa shape index (κ2) is 8.22. The molecule has 0 heterocycles. The Kier molecular flexibility index (Phi) is 5.98. The molecule has 2 aromatic rings. The lowest BCUT2D eigenvalue weighted by Gasteiger charge is -2.16. The summed E-state index contributed by atoms with van der Waals surface area (Å²) < 4.78 is 5.23. The van der Waals surface area contributed by atoms with E-state index in [1.165, 1.54) is 0 Å². The highest BCUT2D eigenvalue weighted by atomic mass is 16.5. The van der Waals surface area contributed by atoms with E-state index in [2.05, 4.69) is 0 Å². The molecule has 0 unspecified atom stereocenters. The average molecular weight is 283 g/mol. The highest BCUT2D eigenvalue weighted by Crippen LogP contribution is 2.16. The predicted octanol–water partition coefficient (Wildman–Crippen LogP) is 2.59. The smallest absolute Gasteiger partial charge is 0.309 e. The van der Waals surface area contributed by atoms with Crippen LogP contribution in [0.15, 0.2) is 60.7 Å². The SMILES string of the molecule is NCCOC(=O)C(Cc1ccccc1)Cc1ccccc1. The zero-order valence-corrected chi connectivity index (χ0v) is 12.1. The molecule has 110 valence electrons. The van der Waals surface area contributed by atoms with Crippen LogP contribution < -0.4 is 5.73 Å². The number of hydrogen-bond acceptors (Lipinski definition) is 3. The number of esters is 1.